The molecule has 0 aliphatic rings. The van der Waals surface area contributed by atoms with Crippen LogP contribution in [0.2, 0.25) is 0 Å². The number of hydrogen-bond acceptors (Lipinski definition) is 13. The summed E-state index contributed by atoms with van der Waals surface area (Å²) in [5, 5.41) is 0. The molecule has 16 nitrogen and oxygen atoms in total. The van der Waals surface area contributed by atoms with Crippen molar-refractivity contribution in [2.24, 2.45) is 0 Å². The average molecular weight is 684 g/mol. The minimum atomic E-state index is -5.57. The third-order valence-electron chi connectivity index (χ3n) is 5.31. The van der Waals surface area contributed by atoms with Crippen LogP contribution in [0.15, 0.2) is 0 Å². The molecule has 0 radical (unpaired) electrons. The van der Waals surface area contributed by atoms with E-state index in [-0.39, 0.29) is 0 Å². The van der Waals surface area contributed by atoms with Crippen molar-refractivity contribution in [1.82, 2.24) is 14.7 Å². The Morgan fingerprint density at radius 2 is 0.683 bits per heavy atom. The zero-order valence-electron chi connectivity index (χ0n) is 26.9. The van der Waals surface area contributed by atoms with Gasteiger partial charge in [-0.2, -0.15) is 12.9 Å². The Morgan fingerprint density at radius 1 is 0.439 bits per heavy atom. The smallest absolute Gasteiger partial charge is 0.304 e. The van der Waals surface area contributed by atoms with Crippen molar-refractivity contribution in [2.75, 3.05) is 80.2 Å². The highest BCUT2D eigenvalue weighted by atomic mass is 31.3. The first-order valence-electron chi connectivity index (χ1n) is 13.4. The van der Waals surface area contributed by atoms with Gasteiger partial charge in [-0.3, -0.25) is 13.6 Å². The van der Waals surface area contributed by atoms with Crippen molar-refractivity contribution < 1.29 is 59.4 Å². The minimum Gasteiger partial charge on any atom is -0.304 e. The highest BCUT2D eigenvalue weighted by Gasteiger charge is 2.46. The van der Waals surface area contributed by atoms with E-state index in [1.807, 2.05) is 0 Å². The molecule has 0 rings (SSSR count). The van der Waals surface area contributed by atoms with Crippen LogP contribution in [0.5, 0.6) is 0 Å². The zero-order valence-corrected chi connectivity index (χ0v) is 30.5. The molecule has 0 saturated carbocycles. The molecule has 0 aliphatic carbocycles. The van der Waals surface area contributed by atoms with E-state index in [1.165, 1.54) is 58.9 Å². The Morgan fingerprint density at radius 3 is 0.829 bits per heavy atom. The lowest BCUT2D eigenvalue weighted by atomic mass is 10.5. The topological polar surface area (TPSA) is 194 Å². The molecule has 41 heavy (non-hydrogen) atoms. The van der Waals surface area contributed by atoms with Crippen LogP contribution in [0.1, 0.15) is 62.3 Å². The molecule has 0 aromatic rings. The lowest BCUT2D eigenvalue weighted by Crippen LogP contribution is -2.21. The summed E-state index contributed by atoms with van der Waals surface area (Å²) in [4.78, 5) is 32.8. The van der Waals surface area contributed by atoms with Gasteiger partial charge >= 0.3 is 31.3 Å². The maximum atomic E-state index is 11.8. The highest BCUT2D eigenvalue weighted by Crippen LogP contribution is 2.73. The fourth-order valence-electron chi connectivity index (χ4n) is 2.63. The van der Waals surface area contributed by atoms with Crippen molar-refractivity contribution >= 4 is 31.3 Å². The van der Waals surface area contributed by atoms with Gasteiger partial charge in [0, 0.05) is 21.3 Å². The van der Waals surface area contributed by atoms with Gasteiger partial charge < -0.3 is 29.4 Å². The predicted octanol–water partition coefficient (Wildman–Crippen LogP) is 5.43. The first-order valence-corrected chi connectivity index (χ1v) is 19.4. The second-order valence-electron chi connectivity index (χ2n) is 7.50. The Bertz CT molecular complexity index is 740. The van der Waals surface area contributed by atoms with Gasteiger partial charge in [0.15, 0.2) is 0 Å². The third-order valence-corrected chi connectivity index (χ3v) is 11.6. The van der Waals surface area contributed by atoms with E-state index < -0.39 is 31.3 Å². The van der Waals surface area contributed by atoms with Crippen molar-refractivity contribution in [2.45, 2.75) is 62.3 Å². The van der Waals surface area contributed by atoms with Crippen LogP contribution >= 0.6 is 31.3 Å². The molecule has 0 amide bonds. The van der Waals surface area contributed by atoms with Crippen LogP contribution in [-0.4, -0.2) is 110 Å². The molecular formula is C21H57N3O13P4. The maximum Gasteiger partial charge on any atom is 0.492 e. The van der Waals surface area contributed by atoms with Gasteiger partial charge in [0.1, 0.15) is 0 Å². The van der Waals surface area contributed by atoms with Gasteiger partial charge in [-0.15, -0.1) is 0 Å². The molecule has 0 saturated heterocycles. The van der Waals surface area contributed by atoms with Crippen LogP contribution in [0.3, 0.4) is 0 Å². The molecule has 3 N–H and O–H groups in total. The number of phosphoric ester groups is 1. The zero-order chi connectivity index (χ0) is 33.3. The summed E-state index contributed by atoms with van der Waals surface area (Å²) in [6, 6.07) is 0. The van der Waals surface area contributed by atoms with Crippen molar-refractivity contribution in [1.29, 1.82) is 0 Å². The normalized spacial score (nSPS) is 14.7. The Hall–Kier alpha value is 0.440. The lowest BCUT2D eigenvalue weighted by molar-refractivity contribution is 0.160. The summed E-state index contributed by atoms with van der Waals surface area (Å²) in [5.41, 5.74) is 0. The second-order valence-corrected chi connectivity index (χ2v) is 14.3. The monoisotopic (exact) mass is 683 g/mol. The first-order chi connectivity index (χ1) is 18.8. The molecular weight excluding hydrogens is 626 g/mol. The van der Waals surface area contributed by atoms with Crippen LogP contribution in [0.4, 0.5) is 0 Å². The molecule has 2 atom stereocenters. The quantitative estimate of drug-likeness (QED) is 0.155. The number of phosphoric acid groups is 4. The summed E-state index contributed by atoms with van der Waals surface area (Å²) in [7, 11) is -18.2. The van der Waals surface area contributed by atoms with Crippen molar-refractivity contribution in [3.8, 4) is 0 Å². The molecule has 0 aromatic carbocycles. The fourth-order valence-corrected chi connectivity index (χ4v) is 7.69. The molecule has 20 heteroatoms. The predicted molar refractivity (Wildman–Crippen MR) is 162 cm³/mol. The van der Waals surface area contributed by atoms with E-state index in [1.54, 1.807) is 0 Å². The van der Waals surface area contributed by atoms with E-state index >= 15 is 0 Å². The molecule has 0 heterocycles. The first kappa shape index (κ1) is 48.3. The van der Waals surface area contributed by atoms with Crippen molar-refractivity contribution in [3.63, 3.8) is 0 Å². The molecule has 254 valence electrons. The van der Waals surface area contributed by atoms with Gasteiger partial charge in [0.2, 0.25) is 0 Å². The average Bonchev–Trinajstić information content (AvgIpc) is 2.91. The van der Waals surface area contributed by atoms with Gasteiger partial charge in [-0.1, -0.05) is 62.3 Å². The van der Waals surface area contributed by atoms with Gasteiger partial charge in [0.05, 0.1) is 0 Å². The van der Waals surface area contributed by atoms with Crippen LogP contribution in [-0.2, 0) is 44.8 Å². The molecule has 2 unspecified atom stereocenters. The Kier molecular flexibility index (Phi) is 31.6. The summed E-state index contributed by atoms with van der Waals surface area (Å²) >= 11 is 0. The fraction of sp³-hybridized carbons (Fsp3) is 1.00. The van der Waals surface area contributed by atoms with Crippen LogP contribution in [0.25, 0.3) is 0 Å². The molecule has 0 bridgehead atoms. The molecule has 0 aromatic heterocycles. The highest BCUT2D eigenvalue weighted by molar-refractivity contribution is 7.70. The SMILES string of the molecule is CCN(CC)CC.CCN(CC)CC.CCN(CC)CC.COP(=O)(OC)OP(=O)(OC)OP(=O)(O)OP(=O)(O)O. The van der Waals surface area contributed by atoms with E-state index in [4.69, 9.17) is 14.7 Å². The maximum absolute atomic E-state index is 11.8. The molecule has 0 fully saturated rings. The van der Waals surface area contributed by atoms with Gasteiger partial charge in [-0.25, -0.2) is 18.3 Å². The summed E-state index contributed by atoms with van der Waals surface area (Å²) < 4.78 is 68.8. The number of nitrogens with zero attached hydrogens (tertiary/aromatic N) is 3. The van der Waals surface area contributed by atoms with E-state index in [9.17, 15) is 18.3 Å². The summed E-state index contributed by atoms with van der Waals surface area (Å²) in [5.74, 6) is 0. The molecule has 0 spiro atoms. The summed E-state index contributed by atoms with van der Waals surface area (Å²) in [6.07, 6.45) is 0. The van der Waals surface area contributed by atoms with Crippen LogP contribution in [0, 0.1) is 0 Å². The van der Waals surface area contributed by atoms with Crippen molar-refractivity contribution in [3.05, 3.63) is 0 Å². The van der Waals surface area contributed by atoms with Gasteiger partial charge in [0.25, 0.3) is 0 Å². The Balaban J connectivity index is -0.000000265. The second kappa shape index (κ2) is 26.8. The number of hydrogen-bond donors (Lipinski definition) is 3. The largest absolute Gasteiger partial charge is 0.492 e. The minimum absolute atomic E-state index is 0.661. The Labute approximate surface area is 248 Å². The lowest BCUT2D eigenvalue weighted by Gasteiger charge is -2.21. The van der Waals surface area contributed by atoms with E-state index in [2.05, 4.69) is 104 Å². The number of rotatable bonds is 18. The van der Waals surface area contributed by atoms with E-state index in [0.29, 0.717) is 7.11 Å². The van der Waals surface area contributed by atoms with Crippen LogP contribution < -0.4 is 0 Å². The third kappa shape index (κ3) is 28.9. The van der Waals surface area contributed by atoms with Gasteiger partial charge in [-0.05, 0) is 58.9 Å². The summed E-state index contributed by atoms with van der Waals surface area (Å²) in [6.45, 7) is 30.4. The van der Waals surface area contributed by atoms with E-state index in [0.717, 1.165) is 14.2 Å². The standard InChI is InChI=1S/3C6H15N.C3H12O13P4/c3*1-4-7(5-2)6-3;1-11-19(9,12-2)16-20(10,13-3)15-18(7,8)14-17(4,5)6/h3*4-6H2,1-3H3;1-3H3,(H,7,8)(H2,4,5,6). The molecule has 0 aliphatic heterocycles.